The lowest BCUT2D eigenvalue weighted by Gasteiger charge is -2.28. The number of hydrogen-bond donors (Lipinski definition) is 0. The van der Waals surface area contributed by atoms with Crippen molar-refractivity contribution < 1.29 is 0 Å². The SMILES string of the molecule is CCC[C@H]1CC[C@H](c2ccc(C#N)cc2)CC1. The maximum atomic E-state index is 8.78. The van der Waals surface area contributed by atoms with Crippen LogP contribution in [0.2, 0.25) is 0 Å². The molecule has 0 atom stereocenters. The molecule has 0 unspecified atom stereocenters. The molecule has 0 spiro atoms. The molecule has 0 aromatic heterocycles. The van der Waals surface area contributed by atoms with Crippen LogP contribution >= 0.6 is 0 Å². The number of benzene rings is 1. The highest BCUT2D eigenvalue weighted by Crippen LogP contribution is 2.37. The van der Waals surface area contributed by atoms with E-state index in [2.05, 4.69) is 25.1 Å². The summed E-state index contributed by atoms with van der Waals surface area (Å²) in [7, 11) is 0. The molecule has 1 fully saturated rings. The van der Waals surface area contributed by atoms with Crippen molar-refractivity contribution >= 4 is 0 Å². The lowest BCUT2D eigenvalue weighted by atomic mass is 9.77. The van der Waals surface area contributed by atoms with Gasteiger partial charge in [-0.2, -0.15) is 5.26 Å². The normalized spacial score (nSPS) is 24.2. The molecule has 1 aliphatic rings. The van der Waals surface area contributed by atoms with Gasteiger partial charge in [-0.15, -0.1) is 0 Å². The largest absolute Gasteiger partial charge is 0.192 e. The zero-order chi connectivity index (χ0) is 12.1. The monoisotopic (exact) mass is 227 g/mol. The Morgan fingerprint density at radius 2 is 1.76 bits per heavy atom. The summed E-state index contributed by atoms with van der Waals surface area (Å²) in [5.41, 5.74) is 2.20. The summed E-state index contributed by atoms with van der Waals surface area (Å²) in [5, 5.41) is 8.78. The van der Waals surface area contributed by atoms with Crippen molar-refractivity contribution in [2.24, 2.45) is 5.92 Å². The molecule has 1 aliphatic carbocycles. The van der Waals surface area contributed by atoms with Crippen LogP contribution in [0.4, 0.5) is 0 Å². The van der Waals surface area contributed by atoms with Crippen molar-refractivity contribution in [1.29, 1.82) is 5.26 Å². The Hall–Kier alpha value is -1.29. The van der Waals surface area contributed by atoms with Crippen LogP contribution in [0.15, 0.2) is 24.3 Å². The molecule has 17 heavy (non-hydrogen) atoms. The van der Waals surface area contributed by atoms with Crippen LogP contribution in [0.3, 0.4) is 0 Å². The molecule has 1 saturated carbocycles. The molecule has 1 aromatic rings. The van der Waals surface area contributed by atoms with E-state index in [1.165, 1.54) is 44.1 Å². The second kappa shape index (κ2) is 5.87. The third kappa shape index (κ3) is 3.09. The molecule has 90 valence electrons. The van der Waals surface area contributed by atoms with Gasteiger partial charge in [0.25, 0.3) is 0 Å². The third-order valence-electron chi connectivity index (χ3n) is 4.05. The van der Waals surface area contributed by atoms with Crippen LogP contribution in [-0.4, -0.2) is 0 Å². The van der Waals surface area contributed by atoms with E-state index in [9.17, 15) is 0 Å². The molecular weight excluding hydrogens is 206 g/mol. The van der Waals surface area contributed by atoms with Crippen molar-refractivity contribution in [3.05, 3.63) is 35.4 Å². The fraction of sp³-hybridized carbons (Fsp3) is 0.562. The quantitative estimate of drug-likeness (QED) is 0.738. The van der Waals surface area contributed by atoms with E-state index in [0.29, 0.717) is 0 Å². The third-order valence-corrected chi connectivity index (χ3v) is 4.05. The van der Waals surface area contributed by atoms with Crippen molar-refractivity contribution in [3.8, 4) is 6.07 Å². The molecule has 0 aliphatic heterocycles. The highest BCUT2D eigenvalue weighted by Gasteiger charge is 2.21. The summed E-state index contributed by atoms with van der Waals surface area (Å²) in [5.74, 6) is 1.70. The first-order valence-corrected chi connectivity index (χ1v) is 6.83. The predicted molar refractivity (Wildman–Crippen MR) is 70.8 cm³/mol. The Balaban J connectivity index is 1.94. The molecule has 0 N–H and O–H groups in total. The zero-order valence-corrected chi connectivity index (χ0v) is 10.7. The van der Waals surface area contributed by atoms with Gasteiger partial charge < -0.3 is 0 Å². The van der Waals surface area contributed by atoms with Gasteiger partial charge in [0.05, 0.1) is 11.6 Å². The molecule has 0 bridgehead atoms. The minimum atomic E-state index is 0.732. The molecule has 0 radical (unpaired) electrons. The fourth-order valence-corrected chi connectivity index (χ4v) is 3.02. The minimum Gasteiger partial charge on any atom is -0.192 e. The Morgan fingerprint density at radius 3 is 2.29 bits per heavy atom. The van der Waals surface area contributed by atoms with Gasteiger partial charge in [0.15, 0.2) is 0 Å². The van der Waals surface area contributed by atoms with Crippen molar-refractivity contribution in [3.63, 3.8) is 0 Å². The van der Waals surface area contributed by atoms with E-state index < -0.39 is 0 Å². The molecule has 1 aromatic carbocycles. The van der Waals surface area contributed by atoms with Crippen LogP contribution in [0, 0.1) is 17.2 Å². The van der Waals surface area contributed by atoms with Crippen LogP contribution in [0.1, 0.15) is 62.5 Å². The number of hydrogen-bond acceptors (Lipinski definition) is 1. The van der Waals surface area contributed by atoms with E-state index in [1.54, 1.807) is 0 Å². The van der Waals surface area contributed by atoms with E-state index >= 15 is 0 Å². The predicted octanol–water partition coefficient (Wildman–Crippen LogP) is 4.63. The van der Waals surface area contributed by atoms with Crippen LogP contribution in [0.5, 0.6) is 0 Å². The Bertz CT molecular complexity index is 377. The topological polar surface area (TPSA) is 23.8 Å². The average molecular weight is 227 g/mol. The second-order valence-corrected chi connectivity index (χ2v) is 5.24. The maximum Gasteiger partial charge on any atom is 0.0991 e. The summed E-state index contributed by atoms with van der Waals surface area (Å²) < 4.78 is 0. The first-order chi connectivity index (χ1) is 8.33. The van der Waals surface area contributed by atoms with E-state index in [0.717, 1.165) is 17.4 Å². The van der Waals surface area contributed by atoms with Gasteiger partial charge >= 0.3 is 0 Å². The van der Waals surface area contributed by atoms with Crippen LogP contribution in [-0.2, 0) is 0 Å². The van der Waals surface area contributed by atoms with Gasteiger partial charge in [-0.1, -0.05) is 31.9 Å². The van der Waals surface area contributed by atoms with Crippen molar-refractivity contribution in [1.82, 2.24) is 0 Å². The Labute approximate surface area is 104 Å². The summed E-state index contributed by atoms with van der Waals surface area (Å²) in [6, 6.07) is 10.4. The van der Waals surface area contributed by atoms with Crippen molar-refractivity contribution in [2.75, 3.05) is 0 Å². The van der Waals surface area contributed by atoms with E-state index in [4.69, 9.17) is 5.26 Å². The average Bonchev–Trinajstić information content (AvgIpc) is 2.40. The van der Waals surface area contributed by atoms with Gasteiger partial charge in [0, 0.05) is 0 Å². The van der Waals surface area contributed by atoms with Gasteiger partial charge in [0.1, 0.15) is 0 Å². The van der Waals surface area contributed by atoms with Gasteiger partial charge in [0.2, 0.25) is 0 Å². The molecule has 0 saturated heterocycles. The second-order valence-electron chi connectivity index (χ2n) is 5.24. The number of nitrogens with zero attached hydrogens (tertiary/aromatic N) is 1. The standard InChI is InChI=1S/C16H21N/c1-2-3-13-4-8-15(9-5-13)16-10-6-14(12-17)7-11-16/h6-7,10-11,13,15H,2-5,8-9H2,1H3/t13-,15-. The number of rotatable bonds is 3. The lowest BCUT2D eigenvalue weighted by Crippen LogP contribution is -2.13. The van der Waals surface area contributed by atoms with Gasteiger partial charge in [-0.05, 0) is 55.2 Å². The summed E-state index contributed by atoms with van der Waals surface area (Å²) in [4.78, 5) is 0. The Morgan fingerprint density at radius 1 is 1.12 bits per heavy atom. The highest BCUT2D eigenvalue weighted by atomic mass is 14.3. The maximum absolute atomic E-state index is 8.78. The summed E-state index contributed by atoms with van der Waals surface area (Å²) >= 11 is 0. The molecule has 1 heteroatoms. The fourth-order valence-electron chi connectivity index (χ4n) is 3.02. The summed E-state index contributed by atoms with van der Waals surface area (Å²) in [6.07, 6.45) is 8.16. The molecule has 2 rings (SSSR count). The minimum absolute atomic E-state index is 0.732. The molecular formula is C16H21N. The van der Waals surface area contributed by atoms with E-state index in [-0.39, 0.29) is 0 Å². The van der Waals surface area contributed by atoms with Crippen LogP contribution in [0.25, 0.3) is 0 Å². The van der Waals surface area contributed by atoms with Crippen molar-refractivity contribution in [2.45, 2.75) is 51.4 Å². The molecule has 0 amide bonds. The highest BCUT2D eigenvalue weighted by molar-refractivity contribution is 5.33. The summed E-state index contributed by atoms with van der Waals surface area (Å²) in [6.45, 7) is 2.28. The van der Waals surface area contributed by atoms with Gasteiger partial charge in [-0.3, -0.25) is 0 Å². The first-order valence-electron chi connectivity index (χ1n) is 6.83. The van der Waals surface area contributed by atoms with Crippen LogP contribution < -0.4 is 0 Å². The zero-order valence-electron chi connectivity index (χ0n) is 10.7. The smallest absolute Gasteiger partial charge is 0.0991 e. The van der Waals surface area contributed by atoms with E-state index in [1.807, 2.05) is 12.1 Å². The number of nitriles is 1. The molecule has 1 nitrogen and oxygen atoms in total. The van der Waals surface area contributed by atoms with Gasteiger partial charge in [-0.25, -0.2) is 0 Å². The lowest BCUT2D eigenvalue weighted by molar-refractivity contribution is 0.308. The molecule has 0 heterocycles. The first kappa shape index (κ1) is 12.2. The Kier molecular flexibility index (Phi) is 4.20.